The van der Waals surface area contributed by atoms with Gasteiger partial charge in [0.05, 0.1) is 18.6 Å². The highest BCUT2D eigenvalue weighted by Gasteiger charge is 2.35. The van der Waals surface area contributed by atoms with E-state index in [9.17, 15) is 18.7 Å². The zero-order valence-corrected chi connectivity index (χ0v) is 19.7. The number of furan rings is 1. The van der Waals surface area contributed by atoms with Gasteiger partial charge in [-0.1, -0.05) is 37.5 Å². The number of hydrogen-bond donors (Lipinski definition) is 3. The summed E-state index contributed by atoms with van der Waals surface area (Å²) < 4.78 is 32.6. The first-order valence-electron chi connectivity index (χ1n) is 12.1. The summed E-state index contributed by atoms with van der Waals surface area (Å²) in [5.74, 6) is -2.52. The second-order valence-electron chi connectivity index (χ2n) is 9.60. The van der Waals surface area contributed by atoms with Crippen LogP contribution in [0.15, 0.2) is 65.5 Å². The van der Waals surface area contributed by atoms with Crippen molar-refractivity contribution in [3.8, 4) is 11.1 Å². The quantitative estimate of drug-likeness (QED) is 0.377. The highest BCUT2D eigenvalue weighted by Crippen LogP contribution is 2.39. The summed E-state index contributed by atoms with van der Waals surface area (Å²) >= 11 is 0. The molecule has 5 nitrogen and oxygen atoms in total. The molecule has 35 heavy (non-hydrogen) atoms. The lowest BCUT2D eigenvalue weighted by Crippen LogP contribution is -2.48. The van der Waals surface area contributed by atoms with Crippen LogP contribution in [0.4, 0.5) is 8.78 Å². The second kappa shape index (κ2) is 11.1. The summed E-state index contributed by atoms with van der Waals surface area (Å²) in [5, 5.41) is 14.7. The summed E-state index contributed by atoms with van der Waals surface area (Å²) in [6.45, 7) is 0.228. The van der Waals surface area contributed by atoms with Crippen LogP contribution < -0.4 is 11.1 Å². The number of nitrogens with two attached hydrogens (primary N) is 1. The summed E-state index contributed by atoms with van der Waals surface area (Å²) in [5.41, 5.74) is 8.70. The van der Waals surface area contributed by atoms with Crippen LogP contribution in [0.1, 0.15) is 49.7 Å². The fourth-order valence-corrected chi connectivity index (χ4v) is 5.25. The number of carbonyl (C=O) groups is 1. The number of nitrogens with one attached hydrogen (secondary N) is 1. The Labute approximate surface area is 204 Å². The van der Waals surface area contributed by atoms with Gasteiger partial charge in [-0.2, -0.15) is 0 Å². The van der Waals surface area contributed by atoms with E-state index in [4.69, 9.17) is 10.2 Å². The zero-order valence-electron chi connectivity index (χ0n) is 19.7. The first-order valence-corrected chi connectivity index (χ1v) is 12.1. The number of rotatable bonds is 10. The summed E-state index contributed by atoms with van der Waals surface area (Å²) in [6.07, 6.45) is 7.62. The van der Waals surface area contributed by atoms with Crippen LogP contribution >= 0.6 is 0 Å². The number of benzene rings is 2. The predicted octanol–water partition coefficient (Wildman–Crippen LogP) is 5.07. The maximum absolute atomic E-state index is 13.7. The first-order chi connectivity index (χ1) is 16.8. The Balaban J connectivity index is 1.53. The number of aliphatic hydroxyl groups is 1. The SMILES string of the molecule is NC(=O)CC(Cc1cc(F)cc(F)c1)C(O)CNC1(c2cccc(-c3ccoc3)c2)CCCCC1. The third kappa shape index (κ3) is 6.35. The van der Waals surface area contributed by atoms with E-state index in [1.54, 1.807) is 12.5 Å². The maximum atomic E-state index is 13.7. The van der Waals surface area contributed by atoms with Gasteiger partial charge < -0.3 is 20.6 Å². The molecule has 4 rings (SSSR count). The molecule has 4 N–H and O–H groups in total. The van der Waals surface area contributed by atoms with E-state index in [0.29, 0.717) is 5.56 Å². The monoisotopic (exact) mass is 482 g/mol. The molecule has 7 heteroatoms. The molecule has 0 radical (unpaired) electrons. The number of carbonyl (C=O) groups excluding carboxylic acids is 1. The molecule has 1 aromatic heterocycles. The second-order valence-corrected chi connectivity index (χ2v) is 9.60. The Kier molecular flexibility index (Phi) is 7.98. The molecule has 0 aliphatic heterocycles. The molecule has 3 aromatic rings. The van der Waals surface area contributed by atoms with Crippen molar-refractivity contribution in [3.63, 3.8) is 0 Å². The third-order valence-corrected chi connectivity index (χ3v) is 7.05. The van der Waals surface area contributed by atoms with Gasteiger partial charge in [-0.3, -0.25) is 4.79 Å². The van der Waals surface area contributed by atoms with Gasteiger partial charge in [0.15, 0.2) is 0 Å². The molecule has 1 saturated carbocycles. The fraction of sp³-hybridized carbons (Fsp3) is 0.393. The Bertz CT molecular complexity index is 1110. The van der Waals surface area contributed by atoms with Crippen molar-refractivity contribution in [3.05, 3.63) is 83.8 Å². The van der Waals surface area contributed by atoms with Gasteiger partial charge in [-0.15, -0.1) is 0 Å². The molecule has 1 aliphatic carbocycles. The van der Waals surface area contributed by atoms with Crippen LogP contribution in [0.25, 0.3) is 11.1 Å². The average Bonchev–Trinajstić information content (AvgIpc) is 3.37. The number of hydrogen-bond acceptors (Lipinski definition) is 4. The molecule has 1 fully saturated rings. The van der Waals surface area contributed by atoms with Crippen LogP contribution in [0, 0.1) is 17.6 Å². The molecule has 2 aromatic carbocycles. The van der Waals surface area contributed by atoms with E-state index in [2.05, 4.69) is 17.4 Å². The smallest absolute Gasteiger partial charge is 0.217 e. The summed E-state index contributed by atoms with van der Waals surface area (Å²) in [4.78, 5) is 11.7. The van der Waals surface area contributed by atoms with Crippen molar-refractivity contribution in [2.75, 3.05) is 6.54 Å². The molecule has 2 unspecified atom stereocenters. The highest BCUT2D eigenvalue weighted by molar-refractivity contribution is 5.74. The topological polar surface area (TPSA) is 88.5 Å². The molecule has 186 valence electrons. The minimum Gasteiger partial charge on any atom is -0.472 e. The van der Waals surface area contributed by atoms with Gasteiger partial charge in [0.1, 0.15) is 11.6 Å². The van der Waals surface area contributed by atoms with Crippen LogP contribution in [-0.4, -0.2) is 23.7 Å². The van der Waals surface area contributed by atoms with E-state index in [-0.39, 0.29) is 24.9 Å². The van der Waals surface area contributed by atoms with Crippen LogP contribution in [0.3, 0.4) is 0 Å². The van der Waals surface area contributed by atoms with E-state index in [1.807, 2.05) is 18.2 Å². The third-order valence-electron chi connectivity index (χ3n) is 7.05. The highest BCUT2D eigenvalue weighted by atomic mass is 19.1. The van der Waals surface area contributed by atoms with Gasteiger partial charge in [0, 0.05) is 30.1 Å². The lowest BCUT2D eigenvalue weighted by Gasteiger charge is -2.40. The number of amides is 1. The average molecular weight is 483 g/mol. The number of aliphatic hydroxyl groups excluding tert-OH is 1. The zero-order chi connectivity index (χ0) is 24.8. The molecular formula is C28H32F2N2O3. The largest absolute Gasteiger partial charge is 0.472 e. The number of halogens is 2. The van der Waals surface area contributed by atoms with E-state index >= 15 is 0 Å². The van der Waals surface area contributed by atoms with Crippen molar-refractivity contribution < 1.29 is 23.1 Å². The molecule has 1 heterocycles. The van der Waals surface area contributed by atoms with E-state index < -0.39 is 29.6 Å². The van der Waals surface area contributed by atoms with Gasteiger partial charge >= 0.3 is 0 Å². The van der Waals surface area contributed by atoms with Crippen molar-refractivity contribution in [2.24, 2.45) is 11.7 Å². The van der Waals surface area contributed by atoms with Crippen molar-refractivity contribution in [1.29, 1.82) is 0 Å². The van der Waals surface area contributed by atoms with Gasteiger partial charge in [0.25, 0.3) is 0 Å². The fourth-order valence-electron chi connectivity index (χ4n) is 5.25. The maximum Gasteiger partial charge on any atom is 0.217 e. The van der Waals surface area contributed by atoms with E-state index in [1.165, 1.54) is 12.1 Å². The molecule has 2 atom stereocenters. The van der Waals surface area contributed by atoms with Gasteiger partial charge in [-0.25, -0.2) is 8.78 Å². The summed E-state index contributed by atoms with van der Waals surface area (Å²) in [6, 6.07) is 13.5. The van der Waals surface area contributed by atoms with E-state index in [0.717, 1.165) is 54.9 Å². The van der Waals surface area contributed by atoms with Crippen molar-refractivity contribution in [1.82, 2.24) is 5.32 Å². The Morgan fingerprint density at radius 1 is 1.06 bits per heavy atom. The normalized spacial score (nSPS) is 17.1. The molecule has 1 amide bonds. The minimum absolute atomic E-state index is 0.0794. The van der Waals surface area contributed by atoms with Gasteiger partial charge in [-0.05, 0) is 66.1 Å². The minimum atomic E-state index is -0.926. The lowest BCUT2D eigenvalue weighted by molar-refractivity contribution is -0.119. The van der Waals surface area contributed by atoms with Crippen LogP contribution in [0.5, 0.6) is 0 Å². The van der Waals surface area contributed by atoms with Crippen LogP contribution in [0.2, 0.25) is 0 Å². The molecular weight excluding hydrogens is 450 g/mol. The van der Waals surface area contributed by atoms with Crippen molar-refractivity contribution in [2.45, 2.75) is 56.6 Å². The molecule has 1 aliphatic rings. The predicted molar refractivity (Wildman–Crippen MR) is 130 cm³/mol. The molecule has 0 bridgehead atoms. The van der Waals surface area contributed by atoms with Gasteiger partial charge in [0.2, 0.25) is 5.91 Å². The lowest BCUT2D eigenvalue weighted by atomic mass is 9.75. The molecule has 0 saturated heterocycles. The Morgan fingerprint density at radius 3 is 2.46 bits per heavy atom. The first kappa shape index (κ1) is 25.1. The molecule has 0 spiro atoms. The van der Waals surface area contributed by atoms with Crippen molar-refractivity contribution >= 4 is 5.91 Å². The van der Waals surface area contributed by atoms with Crippen LogP contribution in [-0.2, 0) is 16.8 Å². The standard InChI is InChI=1S/C28H32F2N2O3/c29-24-12-19(13-25(30)16-24)11-22(15-27(31)34)26(33)17-32-28(8-2-1-3-9-28)23-6-4-5-20(14-23)21-7-10-35-18-21/h4-7,10,12-14,16,18,22,26,32-33H,1-3,8-9,11,15,17H2,(H2,31,34). The Hall–Kier alpha value is -3.03. The summed E-state index contributed by atoms with van der Waals surface area (Å²) in [7, 11) is 0. The Morgan fingerprint density at radius 2 is 1.80 bits per heavy atom. The number of primary amides is 1.